The number of carbonyl (C=O) groups excluding carboxylic acids is 2. The van der Waals surface area contributed by atoms with Gasteiger partial charge in [0.2, 0.25) is 11.8 Å². The Morgan fingerprint density at radius 2 is 1.68 bits per heavy atom. The summed E-state index contributed by atoms with van der Waals surface area (Å²) in [7, 11) is 0. The highest BCUT2D eigenvalue weighted by Gasteiger charge is 2.41. The lowest BCUT2D eigenvalue weighted by molar-refractivity contribution is -0.141. The topological polar surface area (TPSA) is 49.9 Å². The first-order valence-electron chi connectivity index (χ1n) is 11.4. The molecule has 6 heteroatoms. The van der Waals surface area contributed by atoms with Gasteiger partial charge in [-0.1, -0.05) is 24.3 Å². The van der Waals surface area contributed by atoms with Gasteiger partial charge >= 0.3 is 0 Å². The summed E-state index contributed by atoms with van der Waals surface area (Å²) in [6.07, 6.45) is 6.08. The first-order chi connectivity index (χ1) is 15.1. The van der Waals surface area contributed by atoms with Crippen molar-refractivity contribution in [3.63, 3.8) is 0 Å². The van der Waals surface area contributed by atoms with Crippen LogP contribution < -0.4 is 4.74 Å². The van der Waals surface area contributed by atoms with Crippen molar-refractivity contribution in [3.8, 4) is 5.75 Å². The quantitative estimate of drug-likeness (QED) is 0.642. The maximum atomic E-state index is 13.2. The second-order valence-electron chi connectivity index (χ2n) is 8.89. The maximum Gasteiger partial charge on any atom is 0.227 e. The molecule has 2 aromatic rings. The van der Waals surface area contributed by atoms with Gasteiger partial charge in [0, 0.05) is 42.9 Å². The fourth-order valence-electron chi connectivity index (χ4n) is 4.74. The normalized spacial score (nSPS) is 21.7. The zero-order valence-electron chi connectivity index (χ0n) is 18.1. The van der Waals surface area contributed by atoms with Crippen LogP contribution in [0.5, 0.6) is 5.75 Å². The number of amides is 2. The third-order valence-corrected chi connectivity index (χ3v) is 7.32. The zero-order valence-corrected chi connectivity index (χ0v) is 18.9. The Hall–Kier alpha value is -2.34. The van der Waals surface area contributed by atoms with Gasteiger partial charge in [0.1, 0.15) is 5.75 Å². The molecule has 0 bridgehead atoms. The van der Waals surface area contributed by atoms with Gasteiger partial charge in [0.25, 0.3) is 0 Å². The molecular weight excluding hydrogens is 408 g/mol. The van der Waals surface area contributed by atoms with Crippen molar-refractivity contribution in [2.45, 2.75) is 44.9 Å². The molecule has 166 valence electrons. The number of likely N-dealkylation sites (tertiary alicyclic amines) is 2. The first-order valence-corrected chi connectivity index (χ1v) is 12.3. The number of piperidine rings is 2. The lowest BCUT2D eigenvalue weighted by Gasteiger charge is -2.43. The Bertz CT molecular complexity index is 849. The summed E-state index contributed by atoms with van der Waals surface area (Å²) in [5.74, 6) is 1.18. The predicted octanol–water partition coefficient (Wildman–Crippen LogP) is 4.38. The highest BCUT2D eigenvalue weighted by molar-refractivity contribution is 7.10. The lowest BCUT2D eigenvalue weighted by Crippen LogP contribution is -2.51. The second kappa shape index (κ2) is 10.3. The molecule has 0 radical (unpaired) electrons. The van der Waals surface area contributed by atoms with E-state index in [-0.39, 0.29) is 17.2 Å². The molecule has 0 N–H and O–H groups in total. The Morgan fingerprint density at radius 3 is 2.42 bits per heavy atom. The maximum absolute atomic E-state index is 13.2. The van der Waals surface area contributed by atoms with Gasteiger partial charge in [0.15, 0.2) is 0 Å². The number of para-hydroxylation sites is 1. The molecule has 31 heavy (non-hydrogen) atoms. The van der Waals surface area contributed by atoms with Crippen molar-refractivity contribution in [3.05, 3.63) is 52.7 Å². The van der Waals surface area contributed by atoms with E-state index in [1.165, 1.54) is 6.42 Å². The number of benzene rings is 1. The molecule has 5 nitrogen and oxygen atoms in total. The van der Waals surface area contributed by atoms with Crippen LogP contribution in [0.4, 0.5) is 0 Å². The second-order valence-corrected chi connectivity index (χ2v) is 9.93. The van der Waals surface area contributed by atoms with Crippen molar-refractivity contribution in [2.24, 2.45) is 5.41 Å². The molecule has 0 aliphatic carbocycles. The third kappa shape index (κ3) is 5.88. The number of carbonyl (C=O) groups is 2. The molecule has 2 aliphatic rings. The van der Waals surface area contributed by atoms with Gasteiger partial charge in [-0.05, 0) is 55.7 Å². The van der Waals surface area contributed by atoms with Crippen LogP contribution in [0.3, 0.4) is 0 Å². The van der Waals surface area contributed by atoms with E-state index in [4.69, 9.17) is 4.74 Å². The van der Waals surface area contributed by atoms with E-state index in [9.17, 15) is 9.59 Å². The summed E-state index contributed by atoms with van der Waals surface area (Å²) in [5, 5.41) is 2.01. The molecule has 0 unspecified atom stereocenters. The highest BCUT2D eigenvalue weighted by Crippen LogP contribution is 2.36. The van der Waals surface area contributed by atoms with Gasteiger partial charge in [-0.2, -0.15) is 0 Å². The predicted molar refractivity (Wildman–Crippen MR) is 123 cm³/mol. The minimum atomic E-state index is -0.340. The number of ether oxygens (including phenoxy) is 1. The molecule has 3 heterocycles. The zero-order chi connectivity index (χ0) is 21.5. The smallest absolute Gasteiger partial charge is 0.227 e. The van der Waals surface area contributed by atoms with Crippen LogP contribution in [0.15, 0.2) is 47.8 Å². The summed E-state index contributed by atoms with van der Waals surface area (Å²) >= 11 is 1.62. The molecule has 4 rings (SSSR count). The van der Waals surface area contributed by atoms with Crippen molar-refractivity contribution in [1.82, 2.24) is 9.80 Å². The van der Waals surface area contributed by atoms with Crippen LogP contribution in [-0.2, 0) is 16.0 Å². The summed E-state index contributed by atoms with van der Waals surface area (Å²) in [4.78, 5) is 31.3. The van der Waals surface area contributed by atoms with E-state index in [1.54, 1.807) is 11.3 Å². The van der Waals surface area contributed by atoms with Crippen LogP contribution in [0, 0.1) is 5.41 Å². The van der Waals surface area contributed by atoms with Crippen LogP contribution in [-0.4, -0.2) is 54.4 Å². The van der Waals surface area contributed by atoms with E-state index >= 15 is 0 Å². The van der Waals surface area contributed by atoms with Crippen LogP contribution in [0.2, 0.25) is 0 Å². The minimum absolute atomic E-state index is 0.150. The Morgan fingerprint density at radius 1 is 0.903 bits per heavy atom. The van der Waals surface area contributed by atoms with Crippen LogP contribution >= 0.6 is 11.3 Å². The number of hydrogen-bond donors (Lipinski definition) is 0. The lowest BCUT2D eigenvalue weighted by atomic mass is 9.77. The highest BCUT2D eigenvalue weighted by atomic mass is 32.1. The van der Waals surface area contributed by atoms with E-state index in [1.807, 2.05) is 57.6 Å². The molecule has 1 aromatic carbocycles. The molecule has 2 saturated heterocycles. The van der Waals surface area contributed by atoms with Crippen molar-refractivity contribution < 1.29 is 14.3 Å². The molecule has 0 spiro atoms. The van der Waals surface area contributed by atoms with Gasteiger partial charge in [0.05, 0.1) is 13.0 Å². The van der Waals surface area contributed by atoms with Crippen molar-refractivity contribution in [1.29, 1.82) is 0 Å². The average Bonchev–Trinajstić information content (AvgIpc) is 3.32. The molecule has 2 fully saturated rings. The minimum Gasteiger partial charge on any atom is -0.493 e. The fourth-order valence-corrected chi connectivity index (χ4v) is 5.43. The standard InChI is InChI=1S/C25H32N2O3S/c28-23(17-22-11-7-16-31-22)27-15-8-12-25(19-27,20-30-21-9-3-1-4-10-21)18-24(29)26-13-5-2-6-14-26/h1,3-4,7,9-11,16H,2,5-6,8,12-15,17-20H2/t25-/m1/s1. The summed E-state index contributed by atoms with van der Waals surface area (Å²) in [5.41, 5.74) is -0.340. The van der Waals surface area contributed by atoms with Gasteiger partial charge in [-0.3, -0.25) is 9.59 Å². The molecule has 2 aliphatic heterocycles. The number of nitrogens with zero attached hydrogens (tertiary/aromatic N) is 2. The first kappa shape index (κ1) is 21.9. The Balaban J connectivity index is 1.47. The van der Waals surface area contributed by atoms with Crippen LogP contribution in [0.1, 0.15) is 43.4 Å². The van der Waals surface area contributed by atoms with Gasteiger partial charge in [-0.15, -0.1) is 11.3 Å². The van der Waals surface area contributed by atoms with Gasteiger partial charge in [-0.25, -0.2) is 0 Å². The summed E-state index contributed by atoms with van der Waals surface area (Å²) in [6.45, 7) is 3.52. The van der Waals surface area contributed by atoms with Crippen LogP contribution in [0.25, 0.3) is 0 Å². The average molecular weight is 441 g/mol. The van der Waals surface area contributed by atoms with E-state index < -0.39 is 0 Å². The summed E-state index contributed by atoms with van der Waals surface area (Å²) in [6, 6.07) is 13.8. The van der Waals surface area contributed by atoms with E-state index in [2.05, 4.69) is 0 Å². The number of rotatable bonds is 7. The van der Waals surface area contributed by atoms with E-state index in [0.717, 1.165) is 55.9 Å². The molecule has 2 amide bonds. The number of hydrogen-bond acceptors (Lipinski definition) is 4. The van der Waals surface area contributed by atoms with Gasteiger partial charge < -0.3 is 14.5 Å². The monoisotopic (exact) mass is 440 g/mol. The SMILES string of the molecule is O=C(C[C@]1(COc2ccccc2)CCCN(C(=O)Cc2cccs2)C1)N1CCCCC1. The summed E-state index contributed by atoms with van der Waals surface area (Å²) < 4.78 is 6.16. The van der Waals surface area contributed by atoms with Crippen molar-refractivity contribution in [2.75, 3.05) is 32.8 Å². The molecule has 1 aromatic heterocycles. The third-order valence-electron chi connectivity index (χ3n) is 6.44. The number of thiophene rings is 1. The molecule has 1 atom stereocenters. The Labute approximate surface area is 189 Å². The molecule has 0 saturated carbocycles. The fraction of sp³-hybridized carbons (Fsp3) is 0.520. The largest absolute Gasteiger partial charge is 0.493 e. The van der Waals surface area contributed by atoms with Crippen molar-refractivity contribution >= 4 is 23.2 Å². The van der Waals surface area contributed by atoms with E-state index in [0.29, 0.717) is 26.0 Å². The Kier molecular flexibility index (Phi) is 7.28. The molecular formula is C25H32N2O3S.